The van der Waals surface area contributed by atoms with Crippen molar-refractivity contribution < 1.29 is 9.53 Å². The lowest BCUT2D eigenvalue weighted by molar-refractivity contribution is 0.0976. The molecule has 6 heteroatoms. The first kappa shape index (κ1) is 16.7. The van der Waals surface area contributed by atoms with Gasteiger partial charge in [-0.25, -0.2) is 4.98 Å². The number of ether oxygens (including phenoxy) is 1. The third-order valence-electron chi connectivity index (χ3n) is 4.60. The molecule has 0 aliphatic rings. The van der Waals surface area contributed by atoms with Crippen LogP contribution in [-0.4, -0.2) is 27.8 Å². The van der Waals surface area contributed by atoms with Crippen LogP contribution in [0.15, 0.2) is 42.7 Å². The van der Waals surface area contributed by atoms with E-state index in [4.69, 9.17) is 16.3 Å². The van der Waals surface area contributed by atoms with E-state index >= 15 is 0 Å². The normalized spacial score (nSPS) is 11.3. The van der Waals surface area contributed by atoms with Gasteiger partial charge in [0.15, 0.2) is 5.78 Å². The number of benzene rings is 1. The lowest BCUT2D eigenvalue weighted by Crippen LogP contribution is -2.00. The lowest BCUT2D eigenvalue weighted by Gasteiger charge is -2.02. The molecule has 0 unspecified atom stereocenters. The van der Waals surface area contributed by atoms with Crippen LogP contribution in [0.25, 0.3) is 21.8 Å². The van der Waals surface area contributed by atoms with Crippen molar-refractivity contribution in [2.45, 2.75) is 19.3 Å². The van der Waals surface area contributed by atoms with Gasteiger partial charge in [-0.2, -0.15) is 0 Å². The third-order valence-corrected chi connectivity index (χ3v) is 4.80. The Morgan fingerprint density at radius 1 is 1.23 bits per heavy atom. The second-order valence-corrected chi connectivity index (χ2v) is 6.67. The highest BCUT2D eigenvalue weighted by Gasteiger charge is 2.11. The number of rotatable bonds is 6. The summed E-state index contributed by atoms with van der Waals surface area (Å²) in [6.45, 7) is 0. The number of ketones is 1. The number of H-pyrrole nitrogens is 2. The van der Waals surface area contributed by atoms with Gasteiger partial charge in [0.1, 0.15) is 10.9 Å². The predicted octanol–water partition coefficient (Wildman–Crippen LogP) is 4.91. The number of pyridine rings is 1. The molecule has 26 heavy (non-hydrogen) atoms. The molecule has 0 aliphatic carbocycles. The molecule has 0 spiro atoms. The van der Waals surface area contributed by atoms with Gasteiger partial charge in [-0.3, -0.25) is 4.79 Å². The Labute approximate surface area is 155 Å². The van der Waals surface area contributed by atoms with E-state index in [2.05, 4.69) is 15.0 Å². The number of fused-ring (bicyclic) bond motifs is 2. The second kappa shape index (κ2) is 6.84. The summed E-state index contributed by atoms with van der Waals surface area (Å²) >= 11 is 5.90. The molecule has 2 N–H and O–H groups in total. The zero-order chi connectivity index (χ0) is 18.1. The van der Waals surface area contributed by atoms with Crippen molar-refractivity contribution >= 4 is 39.2 Å². The van der Waals surface area contributed by atoms with Crippen LogP contribution in [0.3, 0.4) is 0 Å². The van der Waals surface area contributed by atoms with Crippen molar-refractivity contribution in [1.29, 1.82) is 0 Å². The fourth-order valence-corrected chi connectivity index (χ4v) is 3.39. The minimum absolute atomic E-state index is 0.0924. The number of carbonyl (C=O) groups excluding carboxylic acids is 1. The van der Waals surface area contributed by atoms with E-state index in [-0.39, 0.29) is 5.78 Å². The number of nitrogens with one attached hydrogen (secondary N) is 2. The van der Waals surface area contributed by atoms with Crippen molar-refractivity contribution in [3.8, 4) is 5.75 Å². The fourth-order valence-electron chi connectivity index (χ4n) is 3.22. The number of Topliss-reactive ketones (excluding diaryl/α,β-unsaturated/α-hetero) is 1. The van der Waals surface area contributed by atoms with Crippen LogP contribution in [0, 0.1) is 0 Å². The molecule has 0 aliphatic heterocycles. The Bertz CT molecular complexity index is 1100. The van der Waals surface area contributed by atoms with Crippen molar-refractivity contribution in [3.63, 3.8) is 0 Å². The Balaban J connectivity index is 1.44. The summed E-state index contributed by atoms with van der Waals surface area (Å²) in [5.74, 6) is 0.925. The highest BCUT2D eigenvalue weighted by atomic mass is 35.5. The first-order chi connectivity index (χ1) is 12.6. The number of nitrogens with zero attached hydrogens (tertiary/aromatic N) is 1. The van der Waals surface area contributed by atoms with E-state index in [1.54, 1.807) is 19.4 Å². The predicted molar refractivity (Wildman–Crippen MR) is 103 cm³/mol. The van der Waals surface area contributed by atoms with Gasteiger partial charge < -0.3 is 14.7 Å². The molecule has 3 heterocycles. The number of halogens is 1. The summed E-state index contributed by atoms with van der Waals surface area (Å²) in [5, 5.41) is 2.46. The topological polar surface area (TPSA) is 70.8 Å². The quantitative estimate of drug-likeness (QED) is 0.375. The van der Waals surface area contributed by atoms with Crippen LogP contribution in [0.2, 0.25) is 5.15 Å². The van der Waals surface area contributed by atoms with Gasteiger partial charge in [-0.05, 0) is 48.7 Å². The van der Waals surface area contributed by atoms with E-state index in [0.717, 1.165) is 40.4 Å². The van der Waals surface area contributed by atoms with E-state index in [0.29, 0.717) is 17.3 Å². The molecule has 0 radical (unpaired) electrons. The zero-order valence-corrected chi connectivity index (χ0v) is 15.1. The largest absolute Gasteiger partial charge is 0.497 e. The van der Waals surface area contributed by atoms with Crippen molar-refractivity contribution in [2.75, 3.05) is 7.11 Å². The monoisotopic (exact) mass is 367 g/mol. The lowest BCUT2D eigenvalue weighted by atomic mass is 10.0. The Morgan fingerprint density at radius 2 is 2.12 bits per heavy atom. The maximum atomic E-state index is 12.5. The van der Waals surface area contributed by atoms with E-state index in [1.165, 1.54) is 5.56 Å². The van der Waals surface area contributed by atoms with Gasteiger partial charge in [0.05, 0.1) is 24.5 Å². The standard InChI is InChI=1S/C20H18ClN3O2/c1-26-14-5-6-16-15(9-14)12(10-22-16)3-2-4-19(25)17-7-13-8-20(21)23-11-18(13)24-17/h5-11,22,24H,2-4H2,1H3. The average Bonchev–Trinajstić information content (AvgIpc) is 3.25. The number of carbonyl (C=O) groups is 1. The number of aryl methyl sites for hydroxylation is 1. The first-order valence-electron chi connectivity index (χ1n) is 8.45. The highest BCUT2D eigenvalue weighted by molar-refractivity contribution is 6.30. The molecule has 0 atom stereocenters. The van der Waals surface area contributed by atoms with Crippen LogP contribution in [0.1, 0.15) is 28.9 Å². The van der Waals surface area contributed by atoms with E-state index < -0.39 is 0 Å². The van der Waals surface area contributed by atoms with Crippen molar-refractivity contribution in [3.05, 3.63) is 59.1 Å². The minimum Gasteiger partial charge on any atom is -0.497 e. The first-order valence-corrected chi connectivity index (χ1v) is 8.83. The summed E-state index contributed by atoms with van der Waals surface area (Å²) in [6, 6.07) is 9.55. The minimum atomic E-state index is 0.0924. The number of hydrogen-bond donors (Lipinski definition) is 2. The van der Waals surface area contributed by atoms with Gasteiger partial charge in [-0.1, -0.05) is 11.6 Å². The van der Waals surface area contributed by atoms with Gasteiger partial charge in [0, 0.05) is 28.9 Å². The molecule has 0 saturated carbocycles. The molecule has 0 saturated heterocycles. The van der Waals surface area contributed by atoms with Gasteiger partial charge in [0.25, 0.3) is 0 Å². The second-order valence-electron chi connectivity index (χ2n) is 6.28. The van der Waals surface area contributed by atoms with E-state index in [9.17, 15) is 4.79 Å². The van der Waals surface area contributed by atoms with Crippen molar-refractivity contribution in [1.82, 2.24) is 15.0 Å². The van der Waals surface area contributed by atoms with Gasteiger partial charge in [0.2, 0.25) is 0 Å². The maximum absolute atomic E-state index is 12.5. The molecule has 0 fully saturated rings. The van der Waals surface area contributed by atoms with Crippen LogP contribution in [0.4, 0.5) is 0 Å². The summed E-state index contributed by atoms with van der Waals surface area (Å²) < 4.78 is 5.30. The number of aromatic amines is 2. The van der Waals surface area contributed by atoms with Gasteiger partial charge >= 0.3 is 0 Å². The summed E-state index contributed by atoms with van der Waals surface area (Å²) in [5.41, 5.74) is 3.69. The smallest absolute Gasteiger partial charge is 0.179 e. The highest BCUT2D eigenvalue weighted by Crippen LogP contribution is 2.25. The van der Waals surface area contributed by atoms with Crippen LogP contribution < -0.4 is 4.74 Å². The van der Waals surface area contributed by atoms with E-state index in [1.807, 2.05) is 30.5 Å². The molecule has 3 aromatic heterocycles. The zero-order valence-electron chi connectivity index (χ0n) is 14.3. The maximum Gasteiger partial charge on any atom is 0.179 e. The molecular formula is C20H18ClN3O2. The Hall–Kier alpha value is -2.79. The number of aromatic nitrogens is 3. The van der Waals surface area contributed by atoms with Crippen LogP contribution in [0.5, 0.6) is 5.75 Å². The van der Waals surface area contributed by atoms with Crippen LogP contribution in [-0.2, 0) is 6.42 Å². The molecule has 1 aromatic carbocycles. The third kappa shape index (κ3) is 3.18. The summed E-state index contributed by atoms with van der Waals surface area (Å²) in [4.78, 5) is 22.9. The Morgan fingerprint density at radius 3 is 2.96 bits per heavy atom. The van der Waals surface area contributed by atoms with Crippen LogP contribution >= 0.6 is 11.6 Å². The Kier molecular flexibility index (Phi) is 4.39. The molecule has 132 valence electrons. The number of hydrogen-bond acceptors (Lipinski definition) is 3. The molecule has 0 bridgehead atoms. The average molecular weight is 368 g/mol. The summed E-state index contributed by atoms with van der Waals surface area (Å²) in [6.07, 6.45) is 5.73. The molecular weight excluding hydrogens is 350 g/mol. The molecule has 4 aromatic rings. The number of methoxy groups -OCH3 is 1. The molecule has 4 rings (SSSR count). The van der Waals surface area contributed by atoms with Crippen molar-refractivity contribution in [2.24, 2.45) is 0 Å². The summed E-state index contributed by atoms with van der Waals surface area (Å²) in [7, 11) is 1.66. The SMILES string of the molecule is COc1ccc2[nH]cc(CCCC(=O)c3cc4cc(Cl)ncc4[nH]3)c2c1. The fraction of sp³-hybridized carbons (Fsp3) is 0.200. The van der Waals surface area contributed by atoms with Gasteiger partial charge in [-0.15, -0.1) is 0 Å². The molecule has 0 amide bonds. The molecule has 5 nitrogen and oxygen atoms in total.